The highest BCUT2D eigenvalue weighted by molar-refractivity contribution is 5.97. The van der Waals surface area contributed by atoms with Crippen LogP contribution in [-0.2, 0) is 4.79 Å². The van der Waals surface area contributed by atoms with Crippen LogP contribution in [0.15, 0.2) is 16.7 Å². The second-order valence-electron chi connectivity index (χ2n) is 4.05. The summed E-state index contributed by atoms with van der Waals surface area (Å²) in [6.45, 7) is 0.847. The van der Waals surface area contributed by atoms with E-state index in [2.05, 4.69) is 0 Å². The molecule has 0 unspecified atom stereocenters. The number of carbonyl (C=O) groups excluding carboxylic acids is 2. The van der Waals surface area contributed by atoms with Crippen LogP contribution in [-0.4, -0.2) is 59.4 Å². The van der Waals surface area contributed by atoms with Crippen molar-refractivity contribution in [1.82, 2.24) is 9.80 Å². The number of carbonyl (C=O) groups is 3. The van der Waals surface area contributed by atoms with Crippen LogP contribution in [0.3, 0.4) is 0 Å². The molecule has 2 rings (SSSR count). The van der Waals surface area contributed by atoms with Gasteiger partial charge in [-0.2, -0.15) is 0 Å². The van der Waals surface area contributed by atoms with Gasteiger partial charge in [-0.25, -0.2) is 4.79 Å². The van der Waals surface area contributed by atoms with Crippen LogP contribution >= 0.6 is 0 Å². The van der Waals surface area contributed by atoms with Crippen molar-refractivity contribution in [2.45, 2.75) is 0 Å². The summed E-state index contributed by atoms with van der Waals surface area (Å²) < 4.78 is 4.91. The SMILES string of the molecule is CN1CCN(C(=O)c2cc(C(=O)O)co2)CC1=O. The van der Waals surface area contributed by atoms with Gasteiger partial charge in [-0.3, -0.25) is 9.59 Å². The Kier molecular flexibility index (Phi) is 3.05. The molecule has 1 aromatic rings. The predicted octanol–water partition coefficient (Wildman–Crippen LogP) is -0.108. The maximum atomic E-state index is 12.0. The Bertz CT molecular complexity index is 507. The van der Waals surface area contributed by atoms with E-state index >= 15 is 0 Å². The standard InChI is InChI=1S/C11H12N2O5/c1-12-2-3-13(5-9(12)14)10(15)8-4-7(6-18-8)11(16)17/h4,6H,2-3,5H2,1H3,(H,16,17). The van der Waals surface area contributed by atoms with E-state index in [1.165, 1.54) is 9.80 Å². The Hall–Kier alpha value is -2.31. The summed E-state index contributed by atoms with van der Waals surface area (Å²) >= 11 is 0. The molecule has 96 valence electrons. The van der Waals surface area contributed by atoms with Gasteiger partial charge < -0.3 is 19.3 Å². The van der Waals surface area contributed by atoms with Gasteiger partial charge >= 0.3 is 5.97 Å². The van der Waals surface area contributed by atoms with E-state index in [0.29, 0.717) is 13.1 Å². The van der Waals surface area contributed by atoms with Gasteiger partial charge in [-0.1, -0.05) is 0 Å². The molecule has 1 aromatic heterocycles. The zero-order chi connectivity index (χ0) is 13.3. The van der Waals surface area contributed by atoms with Crippen LogP contribution in [0.1, 0.15) is 20.9 Å². The number of likely N-dealkylation sites (N-methyl/N-ethyl adjacent to an activating group) is 1. The molecule has 0 atom stereocenters. The van der Waals surface area contributed by atoms with Gasteiger partial charge in [0, 0.05) is 26.2 Å². The van der Waals surface area contributed by atoms with Crippen LogP contribution in [0.2, 0.25) is 0 Å². The van der Waals surface area contributed by atoms with Gasteiger partial charge in [0.05, 0.1) is 5.56 Å². The molecule has 1 saturated heterocycles. The summed E-state index contributed by atoms with van der Waals surface area (Å²) in [5, 5.41) is 8.72. The number of amides is 2. The lowest BCUT2D eigenvalue weighted by atomic mass is 10.2. The first-order valence-corrected chi connectivity index (χ1v) is 5.34. The maximum Gasteiger partial charge on any atom is 0.338 e. The number of rotatable bonds is 2. The number of carboxylic acid groups (broad SMARTS) is 1. The normalized spacial score (nSPS) is 15.9. The van der Waals surface area contributed by atoms with Crippen molar-refractivity contribution in [2.75, 3.05) is 26.7 Å². The first-order chi connectivity index (χ1) is 8.49. The van der Waals surface area contributed by atoms with Crippen LogP contribution < -0.4 is 0 Å². The molecule has 1 aliphatic heterocycles. The number of nitrogens with zero attached hydrogens (tertiary/aromatic N) is 2. The molecule has 0 spiro atoms. The van der Waals surface area contributed by atoms with Gasteiger partial charge in [0.2, 0.25) is 5.91 Å². The van der Waals surface area contributed by atoms with Crippen LogP contribution in [0.4, 0.5) is 0 Å². The molecule has 1 fully saturated rings. The van der Waals surface area contributed by atoms with Gasteiger partial charge in [0.1, 0.15) is 12.8 Å². The number of aromatic carboxylic acids is 1. The van der Waals surface area contributed by atoms with E-state index in [4.69, 9.17) is 9.52 Å². The predicted molar refractivity (Wildman–Crippen MR) is 59.2 cm³/mol. The van der Waals surface area contributed by atoms with E-state index in [9.17, 15) is 14.4 Å². The van der Waals surface area contributed by atoms with E-state index < -0.39 is 11.9 Å². The molecular weight excluding hydrogens is 240 g/mol. The molecular formula is C11H12N2O5. The summed E-state index contributed by atoms with van der Waals surface area (Å²) in [6, 6.07) is 1.16. The quantitative estimate of drug-likeness (QED) is 0.793. The Morgan fingerprint density at radius 2 is 2.11 bits per heavy atom. The van der Waals surface area contributed by atoms with Crippen LogP contribution in [0.5, 0.6) is 0 Å². The molecule has 18 heavy (non-hydrogen) atoms. The van der Waals surface area contributed by atoms with E-state index in [0.717, 1.165) is 12.3 Å². The van der Waals surface area contributed by atoms with Crippen LogP contribution in [0.25, 0.3) is 0 Å². The van der Waals surface area contributed by atoms with Crippen molar-refractivity contribution in [2.24, 2.45) is 0 Å². The fourth-order valence-corrected chi connectivity index (χ4v) is 1.65. The molecule has 0 bridgehead atoms. The van der Waals surface area contributed by atoms with E-state index in [1.54, 1.807) is 7.05 Å². The zero-order valence-electron chi connectivity index (χ0n) is 9.75. The summed E-state index contributed by atoms with van der Waals surface area (Å²) in [5.41, 5.74) is -0.0844. The summed E-state index contributed by atoms with van der Waals surface area (Å²) in [4.78, 5) is 37.0. The minimum Gasteiger partial charge on any atom is -0.478 e. The second kappa shape index (κ2) is 4.52. The zero-order valence-corrected chi connectivity index (χ0v) is 9.75. The lowest BCUT2D eigenvalue weighted by molar-refractivity contribution is -0.133. The Morgan fingerprint density at radius 1 is 1.39 bits per heavy atom. The molecule has 2 heterocycles. The highest BCUT2D eigenvalue weighted by atomic mass is 16.4. The number of hydrogen-bond acceptors (Lipinski definition) is 4. The third kappa shape index (κ3) is 2.20. The maximum absolute atomic E-state index is 12.0. The summed E-state index contributed by atoms with van der Waals surface area (Å²) in [6.07, 6.45) is 1.01. The van der Waals surface area contributed by atoms with Crippen LogP contribution in [0, 0.1) is 0 Å². The third-order valence-electron chi connectivity index (χ3n) is 2.80. The molecule has 7 nitrogen and oxygen atoms in total. The molecule has 1 N–H and O–H groups in total. The summed E-state index contributed by atoms with van der Waals surface area (Å²) in [5.74, 6) is -1.85. The van der Waals surface area contributed by atoms with Crippen molar-refractivity contribution in [3.05, 3.63) is 23.7 Å². The molecule has 7 heteroatoms. The van der Waals surface area contributed by atoms with Gasteiger partial charge in [-0.15, -0.1) is 0 Å². The van der Waals surface area contributed by atoms with Crippen molar-refractivity contribution in [1.29, 1.82) is 0 Å². The minimum absolute atomic E-state index is 0.0154. The Morgan fingerprint density at radius 3 is 2.67 bits per heavy atom. The van der Waals surface area contributed by atoms with Gasteiger partial charge in [-0.05, 0) is 0 Å². The Labute approximate surface area is 103 Å². The lowest BCUT2D eigenvalue weighted by Crippen LogP contribution is -2.50. The fraction of sp³-hybridized carbons (Fsp3) is 0.364. The van der Waals surface area contributed by atoms with Gasteiger partial charge in [0.25, 0.3) is 5.91 Å². The largest absolute Gasteiger partial charge is 0.478 e. The Balaban J connectivity index is 2.11. The smallest absolute Gasteiger partial charge is 0.338 e. The number of piperazine rings is 1. The lowest BCUT2D eigenvalue weighted by Gasteiger charge is -2.31. The first-order valence-electron chi connectivity index (χ1n) is 5.34. The van der Waals surface area contributed by atoms with Crippen molar-refractivity contribution in [3.8, 4) is 0 Å². The molecule has 1 aliphatic rings. The highest BCUT2D eigenvalue weighted by Gasteiger charge is 2.27. The van der Waals surface area contributed by atoms with Crippen molar-refractivity contribution >= 4 is 17.8 Å². The molecule has 0 saturated carbocycles. The van der Waals surface area contributed by atoms with E-state index in [1.807, 2.05) is 0 Å². The topological polar surface area (TPSA) is 91.1 Å². The molecule has 0 radical (unpaired) electrons. The van der Waals surface area contributed by atoms with E-state index in [-0.39, 0.29) is 23.8 Å². The minimum atomic E-state index is -1.16. The van der Waals surface area contributed by atoms with Gasteiger partial charge in [0.15, 0.2) is 5.76 Å². The highest BCUT2D eigenvalue weighted by Crippen LogP contribution is 2.12. The number of furan rings is 1. The first kappa shape index (κ1) is 12.2. The monoisotopic (exact) mass is 252 g/mol. The average Bonchev–Trinajstić information content (AvgIpc) is 2.81. The molecule has 0 aliphatic carbocycles. The van der Waals surface area contributed by atoms with Crippen molar-refractivity contribution in [3.63, 3.8) is 0 Å². The summed E-state index contributed by atoms with van der Waals surface area (Å²) in [7, 11) is 1.67. The molecule has 0 aromatic carbocycles. The molecule has 2 amide bonds. The number of carboxylic acids is 1. The average molecular weight is 252 g/mol. The second-order valence-corrected chi connectivity index (χ2v) is 4.05. The number of hydrogen-bond donors (Lipinski definition) is 1. The fourth-order valence-electron chi connectivity index (χ4n) is 1.65. The third-order valence-corrected chi connectivity index (χ3v) is 2.80. The van der Waals surface area contributed by atoms with Crippen molar-refractivity contribution < 1.29 is 23.9 Å².